The van der Waals surface area contributed by atoms with Crippen molar-refractivity contribution in [3.05, 3.63) is 0 Å². The molecule has 1 aliphatic rings. The molecule has 66 valence electrons. The maximum absolute atomic E-state index is 11.3. The number of hydrogen-bond donors (Lipinski definition) is 2. The minimum absolute atomic E-state index is 0.220. The van der Waals surface area contributed by atoms with Crippen LogP contribution < -0.4 is 10.0 Å². The number of nitrogens with one attached hydrogen (secondary N) is 2. The van der Waals surface area contributed by atoms with Gasteiger partial charge in [-0.2, -0.15) is 0 Å². The molecule has 0 aromatic rings. The minimum Gasteiger partial charge on any atom is -0.315 e. The van der Waals surface area contributed by atoms with Gasteiger partial charge in [-0.15, -0.1) is 0 Å². The van der Waals surface area contributed by atoms with Gasteiger partial charge in [0.05, 0.1) is 5.25 Å². The number of rotatable bonds is 3. The van der Waals surface area contributed by atoms with E-state index in [9.17, 15) is 8.42 Å². The molecule has 1 fully saturated rings. The standard InChI is InChI=1S/C6H14N2O2S/c1-2-8-11(9,10)6-3-4-7-5-6/h6-8H,2-5H2,1H3. The normalized spacial score (nSPS) is 25.7. The van der Waals surface area contributed by atoms with Crippen LogP contribution in [0.5, 0.6) is 0 Å². The lowest BCUT2D eigenvalue weighted by Crippen LogP contribution is -2.35. The van der Waals surface area contributed by atoms with Gasteiger partial charge >= 0.3 is 0 Å². The molecule has 0 aromatic heterocycles. The maximum atomic E-state index is 11.3. The van der Waals surface area contributed by atoms with Crippen LogP contribution in [0, 0.1) is 0 Å². The van der Waals surface area contributed by atoms with E-state index < -0.39 is 10.0 Å². The first-order valence-corrected chi connectivity index (χ1v) is 5.40. The molecule has 5 heteroatoms. The van der Waals surface area contributed by atoms with Gasteiger partial charge < -0.3 is 5.32 Å². The van der Waals surface area contributed by atoms with Crippen molar-refractivity contribution in [1.29, 1.82) is 0 Å². The van der Waals surface area contributed by atoms with Crippen molar-refractivity contribution >= 4 is 10.0 Å². The summed E-state index contributed by atoms with van der Waals surface area (Å²) in [6, 6.07) is 0. The van der Waals surface area contributed by atoms with Gasteiger partial charge in [0.2, 0.25) is 10.0 Å². The van der Waals surface area contributed by atoms with Crippen LogP contribution in [-0.2, 0) is 10.0 Å². The average molecular weight is 178 g/mol. The van der Waals surface area contributed by atoms with Gasteiger partial charge in [0.25, 0.3) is 0 Å². The lowest BCUT2D eigenvalue weighted by Gasteiger charge is -2.09. The van der Waals surface area contributed by atoms with Crippen molar-refractivity contribution in [2.75, 3.05) is 19.6 Å². The Labute approximate surface area is 67.4 Å². The Bertz CT molecular complexity index is 207. The zero-order chi connectivity index (χ0) is 8.32. The second-order valence-corrected chi connectivity index (χ2v) is 4.70. The van der Waals surface area contributed by atoms with Crippen molar-refractivity contribution in [3.8, 4) is 0 Å². The molecule has 1 saturated heterocycles. The van der Waals surface area contributed by atoms with Gasteiger partial charge in [-0.05, 0) is 13.0 Å². The van der Waals surface area contributed by atoms with E-state index in [1.165, 1.54) is 0 Å². The Morgan fingerprint density at radius 2 is 2.36 bits per heavy atom. The van der Waals surface area contributed by atoms with E-state index in [0.29, 0.717) is 13.1 Å². The van der Waals surface area contributed by atoms with Gasteiger partial charge in [0.15, 0.2) is 0 Å². The minimum atomic E-state index is -3.02. The molecule has 1 unspecified atom stereocenters. The summed E-state index contributed by atoms with van der Waals surface area (Å²) in [4.78, 5) is 0. The highest BCUT2D eigenvalue weighted by atomic mass is 32.2. The monoisotopic (exact) mass is 178 g/mol. The fourth-order valence-corrected chi connectivity index (χ4v) is 2.62. The van der Waals surface area contributed by atoms with Crippen molar-refractivity contribution in [3.63, 3.8) is 0 Å². The predicted octanol–water partition coefficient (Wildman–Crippen LogP) is -0.712. The van der Waals surface area contributed by atoms with Crippen LogP contribution in [0.1, 0.15) is 13.3 Å². The van der Waals surface area contributed by atoms with Crippen LogP contribution in [-0.4, -0.2) is 33.3 Å². The molecular weight excluding hydrogens is 164 g/mol. The second kappa shape index (κ2) is 3.51. The van der Waals surface area contributed by atoms with Crippen molar-refractivity contribution < 1.29 is 8.42 Å². The Balaban J connectivity index is 2.56. The Morgan fingerprint density at radius 1 is 1.64 bits per heavy atom. The van der Waals surface area contributed by atoms with Crippen molar-refractivity contribution in [1.82, 2.24) is 10.0 Å². The zero-order valence-corrected chi connectivity index (χ0v) is 7.45. The third-order valence-corrected chi connectivity index (χ3v) is 3.77. The van der Waals surface area contributed by atoms with E-state index in [-0.39, 0.29) is 5.25 Å². The summed E-state index contributed by atoms with van der Waals surface area (Å²) in [7, 11) is -3.02. The molecule has 0 aliphatic carbocycles. The summed E-state index contributed by atoms with van der Waals surface area (Å²) in [5.41, 5.74) is 0. The van der Waals surface area contributed by atoms with Gasteiger partial charge in [0.1, 0.15) is 0 Å². The Hall–Kier alpha value is -0.130. The smallest absolute Gasteiger partial charge is 0.215 e. The molecule has 0 amide bonds. The average Bonchev–Trinajstić information content (AvgIpc) is 2.37. The van der Waals surface area contributed by atoms with E-state index in [2.05, 4.69) is 10.0 Å². The van der Waals surface area contributed by atoms with Crippen molar-refractivity contribution in [2.45, 2.75) is 18.6 Å². The predicted molar refractivity (Wildman–Crippen MR) is 43.9 cm³/mol. The topological polar surface area (TPSA) is 58.2 Å². The van der Waals surface area contributed by atoms with Crippen LogP contribution in [0.15, 0.2) is 0 Å². The first kappa shape index (κ1) is 8.96. The maximum Gasteiger partial charge on any atom is 0.215 e. The summed E-state index contributed by atoms with van der Waals surface area (Å²) in [6.45, 7) is 3.68. The summed E-state index contributed by atoms with van der Waals surface area (Å²) >= 11 is 0. The summed E-state index contributed by atoms with van der Waals surface area (Å²) < 4.78 is 25.1. The Kier molecular flexibility index (Phi) is 2.86. The molecule has 1 atom stereocenters. The fraction of sp³-hybridized carbons (Fsp3) is 1.00. The highest BCUT2D eigenvalue weighted by Gasteiger charge is 2.27. The van der Waals surface area contributed by atoms with Crippen LogP contribution >= 0.6 is 0 Å². The third kappa shape index (κ3) is 2.15. The fourth-order valence-electron chi connectivity index (χ4n) is 1.21. The van der Waals surface area contributed by atoms with Gasteiger partial charge in [-0.1, -0.05) is 6.92 Å². The van der Waals surface area contributed by atoms with Crippen LogP contribution in [0.2, 0.25) is 0 Å². The van der Waals surface area contributed by atoms with Crippen LogP contribution in [0.4, 0.5) is 0 Å². The Morgan fingerprint density at radius 3 is 2.82 bits per heavy atom. The highest BCUT2D eigenvalue weighted by molar-refractivity contribution is 7.90. The molecule has 4 nitrogen and oxygen atoms in total. The molecule has 11 heavy (non-hydrogen) atoms. The number of hydrogen-bond acceptors (Lipinski definition) is 3. The highest BCUT2D eigenvalue weighted by Crippen LogP contribution is 2.07. The molecule has 0 saturated carbocycles. The first-order valence-electron chi connectivity index (χ1n) is 3.86. The van der Waals surface area contributed by atoms with E-state index in [4.69, 9.17) is 0 Å². The lowest BCUT2D eigenvalue weighted by atomic mass is 10.4. The van der Waals surface area contributed by atoms with E-state index in [1.54, 1.807) is 6.92 Å². The molecule has 2 N–H and O–H groups in total. The lowest BCUT2D eigenvalue weighted by molar-refractivity contribution is 0.570. The quantitative estimate of drug-likeness (QED) is 0.600. The van der Waals surface area contributed by atoms with E-state index in [1.807, 2.05) is 0 Å². The third-order valence-electron chi connectivity index (χ3n) is 1.80. The van der Waals surface area contributed by atoms with Crippen molar-refractivity contribution in [2.24, 2.45) is 0 Å². The zero-order valence-electron chi connectivity index (χ0n) is 6.63. The van der Waals surface area contributed by atoms with E-state index >= 15 is 0 Å². The molecule has 0 aromatic carbocycles. The largest absolute Gasteiger partial charge is 0.315 e. The first-order chi connectivity index (χ1) is 5.17. The molecule has 0 spiro atoms. The molecule has 0 bridgehead atoms. The SMILES string of the molecule is CCNS(=O)(=O)C1CCNC1. The number of sulfonamides is 1. The second-order valence-electron chi connectivity index (χ2n) is 2.66. The molecule has 0 radical (unpaired) electrons. The van der Waals surface area contributed by atoms with E-state index in [0.717, 1.165) is 13.0 Å². The van der Waals surface area contributed by atoms with Gasteiger partial charge in [-0.3, -0.25) is 0 Å². The van der Waals surface area contributed by atoms with Crippen LogP contribution in [0.3, 0.4) is 0 Å². The van der Waals surface area contributed by atoms with Gasteiger partial charge in [0, 0.05) is 13.1 Å². The molecule has 1 aliphatic heterocycles. The molecule has 1 rings (SSSR count). The van der Waals surface area contributed by atoms with Crippen LogP contribution in [0.25, 0.3) is 0 Å². The van der Waals surface area contributed by atoms with Gasteiger partial charge in [-0.25, -0.2) is 13.1 Å². The summed E-state index contributed by atoms with van der Waals surface area (Å²) in [5, 5.41) is 2.80. The summed E-state index contributed by atoms with van der Waals surface area (Å²) in [5.74, 6) is 0. The molecule has 1 heterocycles. The summed E-state index contributed by atoms with van der Waals surface area (Å²) in [6.07, 6.45) is 0.731. The molecular formula is C6H14N2O2S.